The second-order valence-electron chi connectivity index (χ2n) is 4.66. The van der Waals surface area contributed by atoms with E-state index in [0.29, 0.717) is 18.2 Å². The van der Waals surface area contributed by atoms with Crippen LogP contribution in [-0.2, 0) is 4.74 Å². The Balaban J connectivity index is 1.69. The Morgan fingerprint density at radius 2 is 1.54 bits per heavy atom. The lowest BCUT2D eigenvalue weighted by atomic mass is 10.1. The Labute approximate surface area is 81.3 Å². The Morgan fingerprint density at radius 1 is 1.00 bits per heavy atom. The molecule has 2 rings (SSSR count). The summed E-state index contributed by atoms with van der Waals surface area (Å²) in [6.07, 6.45) is 6.32. The first-order valence-electron chi connectivity index (χ1n) is 5.65. The monoisotopic (exact) mass is 183 g/mol. The van der Waals surface area contributed by atoms with Gasteiger partial charge in [0.05, 0.1) is 12.2 Å². The van der Waals surface area contributed by atoms with Crippen LogP contribution in [0.3, 0.4) is 0 Å². The summed E-state index contributed by atoms with van der Waals surface area (Å²) in [5.74, 6) is 0. The molecule has 0 aromatic carbocycles. The summed E-state index contributed by atoms with van der Waals surface area (Å²) in [6.45, 7) is 7.02. The summed E-state index contributed by atoms with van der Waals surface area (Å²) in [5.41, 5.74) is 0. The van der Waals surface area contributed by atoms with Gasteiger partial charge in [-0.3, -0.25) is 0 Å². The molecule has 0 atom stereocenters. The summed E-state index contributed by atoms with van der Waals surface area (Å²) < 4.78 is 5.90. The molecule has 1 saturated heterocycles. The van der Waals surface area contributed by atoms with E-state index >= 15 is 0 Å². The van der Waals surface area contributed by atoms with Gasteiger partial charge in [0, 0.05) is 19.1 Å². The highest BCUT2D eigenvalue weighted by Gasteiger charge is 2.28. The molecule has 0 unspecified atom stereocenters. The Morgan fingerprint density at radius 3 is 2.00 bits per heavy atom. The van der Waals surface area contributed by atoms with Crippen LogP contribution in [0.25, 0.3) is 0 Å². The van der Waals surface area contributed by atoms with Crippen molar-refractivity contribution >= 4 is 0 Å². The standard InChI is InChI=1S/C11H21NO/c1-9(2)12-7-5-11(6-8-12)13-10-3-4-10/h9-11H,3-8H2,1-2H3. The molecule has 2 fully saturated rings. The normalized spacial score (nSPS) is 27.0. The van der Waals surface area contributed by atoms with Crippen LogP contribution < -0.4 is 0 Å². The molecular formula is C11H21NO. The molecule has 1 saturated carbocycles. The van der Waals surface area contributed by atoms with Crippen LogP contribution >= 0.6 is 0 Å². The maximum absolute atomic E-state index is 5.90. The number of nitrogens with zero attached hydrogens (tertiary/aromatic N) is 1. The first-order valence-corrected chi connectivity index (χ1v) is 5.65. The predicted octanol–water partition coefficient (Wildman–Crippen LogP) is 2.04. The average Bonchev–Trinajstić information content (AvgIpc) is 2.89. The van der Waals surface area contributed by atoms with Gasteiger partial charge in [-0.1, -0.05) is 0 Å². The number of hydrogen-bond acceptors (Lipinski definition) is 2. The zero-order chi connectivity index (χ0) is 9.26. The number of hydrogen-bond donors (Lipinski definition) is 0. The van der Waals surface area contributed by atoms with E-state index in [-0.39, 0.29) is 0 Å². The zero-order valence-corrected chi connectivity index (χ0v) is 8.83. The number of rotatable bonds is 3. The van der Waals surface area contributed by atoms with Crippen molar-refractivity contribution in [3.63, 3.8) is 0 Å². The molecule has 2 aliphatic rings. The van der Waals surface area contributed by atoms with Gasteiger partial charge in [-0.05, 0) is 39.5 Å². The molecule has 2 heteroatoms. The van der Waals surface area contributed by atoms with Crippen LogP contribution in [-0.4, -0.2) is 36.2 Å². The third kappa shape index (κ3) is 2.68. The van der Waals surface area contributed by atoms with Crippen molar-refractivity contribution in [3.05, 3.63) is 0 Å². The van der Waals surface area contributed by atoms with Crippen molar-refractivity contribution in [2.24, 2.45) is 0 Å². The van der Waals surface area contributed by atoms with E-state index < -0.39 is 0 Å². The van der Waals surface area contributed by atoms with Gasteiger partial charge in [0.2, 0.25) is 0 Å². The van der Waals surface area contributed by atoms with Crippen molar-refractivity contribution in [1.82, 2.24) is 4.90 Å². The number of ether oxygens (including phenoxy) is 1. The van der Waals surface area contributed by atoms with Crippen LogP contribution in [0.15, 0.2) is 0 Å². The highest BCUT2D eigenvalue weighted by Crippen LogP contribution is 2.28. The SMILES string of the molecule is CC(C)N1CCC(OC2CC2)CC1. The largest absolute Gasteiger partial charge is 0.375 e. The Hall–Kier alpha value is -0.0800. The zero-order valence-electron chi connectivity index (χ0n) is 8.83. The van der Waals surface area contributed by atoms with Crippen molar-refractivity contribution < 1.29 is 4.74 Å². The molecule has 0 radical (unpaired) electrons. The van der Waals surface area contributed by atoms with Crippen molar-refractivity contribution in [2.75, 3.05) is 13.1 Å². The van der Waals surface area contributed by atoms with Crippen molar-refractivity contribution in [2.45, 2.75) is 57.8 Å². The molecule has 0 aromatic rings. The van der Waals surface area contributed by atoms with Gasteiger partial charge in [0.1, 0.15) is 0 Å². The topological polar surface area (TPSA) is 12.5 Å². The van der Waals surface area contributed by atoms with Gasteiger partial charge in [-0.25, -0.2) is 0 Å². The highest BCUT2D eigenvalue weighted by molar-refractivity contribution is 4.80. The second-order valence-corrected chi connectivity index (χ2v) is 4.66. The van der Waals surface area contributed by atoms with E-state index in [2.05, 4.69) is 18.7 Å². The molecule has 1 aliphatic heterocycles. The van der Waals surface area contributed by atoms with Crippen LogP contribution in [0, 0.1) is 0 Å². The van der Waals surface area contributed by atoms with Crippen LogP contribution in [0.4, 0.5) is 0 Å². The molecule has 0 N–H and O–H groups in total. The van der Waals surface area contributed by atoms with E-state index in [9.17, 15) is 0 Å². The van der Waals surface area contributed by atoms with E-state index in [0.717, 1.165) is 0 Å². The lowest BCUT2D eigenvalue weighted by Crippen LogP contribution is -2.41. The van der Waals surface area contributed by atoms with Crippen LogP contribution in [0.1, 0.15) is 39.5 Å². The summed E-state index contributed by atoms with van der Waals surface area (Å²) in [7, 11) is 0. The molecule has 76 valence electrons. The van der Waals surface area contributed by atoms with Crippen LogP contribution in [0.2, 0.25) is 0 Å². The van der Waals surface area contributed by atoms with E-state index in [1.54, 1.807) is 0 Å². The van der Waals surface area contributed by atoms with Gasteiger partial charge in [0.25, 0.3) is 0 Å². The highest BCUT2D eigenvalue weighted by atomic mass is 16.5. The minimum absolute atomic E-state index is 0.572. The van der Waals surface area contributed by atoms with Gasteiger partial charge in [-0.2, -0.15) is 0 Å². The van der Waals surface area contributed by atoms with Gasteiger partial charge >= 0.3 is 0 Å². The second kappa shape index (κ2) is 3.97. The third-order valence-electron chi connectivity index (χ3n) is 3.12. The Kier molecular flexibility index (Phi) is 2.89. The van der Waals surface area contributed by atoms with E-state index in [1.807, 2.05) is 0 Å². The molecule has 1 aliphatic carbocycles. The van der Waals surface area contributed by atoms with Gasteiger partial charge < -0.3 is 9.64 Å². The predicted molar refractivity (Wildman–Crippen MR) is 53.8 cm³/mol. The molecule has 0 spiro atoms. The van der Waals surface area contributed by atoms with Crippen LogP contribution in [0.5, 0.6) is 0 Å². The molecule has 2 nitrogen and oxygen atoms in total. The molecule has 0 aromatic heterocycles. The first kappa shape index (κ1) is 9.47. The number of likely N-dealkylation sites (tertiary alicyclic amines) is 1. The van der Waals surface area contributed by atoms with E-state index in [1.165, 1.54) is 38.8 Å². The smallest absolute Gasteiger partial charge is 0.0603 e. The Bertz CT molecular complexity index is 157. The lowest BCUT2D eigenvalue weighted by Gasteiger charge is -2.34. The average molecular weight is 183 g/mol. The first-order chi connectivity index (χ1) is 6.25. The summed E-state index contributed by atoms with van der Waals surface area (Å²) in [4.78, 5) is 2.55. The molecular weight excluding hydrogens is 162 g/mol. The van der Waals surface area contributed by atoms with Crippen molar-refractivity contribution in [3.8, 4) is 0 Å². The maximum Gasteiger partial charge on any atom is 0.0603 e. The van der Waals surface area contributed by atoms with Crippen molar-refractivity contribution in [1.29, 1.82) is 0 Å². The molecule has 0 bridgehead atoms. The van der Waals surface area contributed by atoms with Gasteiger partial charge in [0.15, 0.2) is 0 Å². The summed E-state index contributed by atoms with van der Waals surface area (Å²) in [6, 6.07) is 0.710. The lowest BCUT2D eigenvalue weighted by molar-refractivity contribution is -0.00819. The summed E-state index contributed by atoms with van der Waals surface area (Å²) >= 11 is 0. The van der Waals surface area contributed by atoms with Gasteiger partial charge in [-0.15, -0.1) is 0 Å². The fraction of sp³-hybridized carbons (Fsp3) is 1.00. The minimum atomic E-state index is 0.572. The minimum Gasteiger partial charge on any atom is -0.375 e. The number of piperidine rings is 1. The fourth-order valence-corrected chi connectivity index (χ4v) is 2.00. The third-order valence-corrected chi connectivity index (χ3v) is 3.12. The van der Waals surface area contributed by atoms with E-state index in [4.69, 9.17) is 4.74 Å². The molecule has 1 heterocycles. The molecule has 13 heavy (non-hydrogen) atoms. The maximum atomic E-state index is 5.90. The molecule has 0 amide bonds. The summed E-state index contributed by atoms with van der Waals surface area (Å²) in [5, 5.41) is 0. The fourth-order valence-electron chi connectivity index (χ4n) is 2.00. The quantitative estimate of drug-likeness (QED) is 0.664.